The van der Waals surface area contributed by atoms with E-state index in [4.69, 9.17) is 11.6 Å². The Morgan fingerprint density at radius 3 is 2.86 bits per heavy atom. The highest BCUT2D eigenvalue weighted by Gasteiger charge is 2.23. The Hall–Kier alpha value is -3.13. The van der Waals surface area contributed by atoms with E-state index in [0.717, 1.165) is 31.2 Å². The van der Waals surface area contributed by atoms with E-state index in [1.165, 1.54) is 28.0 Å². The smallest absolute Gasteiger partial charge is 0.253 e. The largest absolute Gasteiger partial charge is 0.342 e. The van der Waals surface area contributed by atoms with E-state index >= 15 is 0 Å². The standard InChI is InChI=1S/C25H25ClN6O2S2/c1-3-12-32-22(15(2)28-23(34)17-9-4-6-10-19(17)26)30-31-25(32)35-14-21(33)29-24-18(13-27)16-8-5-7-11-20(16)36-24/h3-4,6,9-10,15H,1,5,7-8,11-12,14H2,2H3,(H,28,34)(H,29,33)/t15-/m0/s1. The van der Waals surface area contributed by atoms with Gasteiger partial charge in [0.25, 0.3) is 5.91 Å². The maximum absolute atomic E-state index is 12.7. The van der Waals surface area contributed by atoms with Crippen molar-refractivity contribution in [1.82, 2.24) is 20.1 Å². The van der Waals surface area contributed by atoms with Crippen LogP contribution in [0.4, 0.5) is 5.00 Å². The lowest BCUT2D eigenvalue weighted by Gasteiger charge is -2.15. The summed E-state index contributed by atoms with van der Waals surface area (Å²) in [7, 11) is 0. The minimum Gasteiger partial charge on any atom is -0.342 e. The maximum Gasteiger partial charge on any atom is 0.253 e. The van der Waals surface area contributed by atoms with E-state index in [1.54, 1.807) is 30.3 Å². The molecular weight excluding hydrogens is 516 g/mol. The van der Waals surface area contributed by atoms with E-state index in [2.05, 4.69) is 33.5 Å². The van der Waals surface area contributed by atoms with Crippen LogP contribution in [0.3, 0.4) is 0 Å². The lowest BCUT2D eigenvalue weighted by Crippen LogP contribution is -2.29. The van der Waals surface area contributed by atoms with Crippen LogP contribution >= 0.6 is 34.7 Å². The third-order valence-electron chi connectivity index (χ3n) is 5.78. The van der Waals surface area contributed by atoms with Crippen LogP contribution in [0.2, 0.25) is 5.02 Å². The van der Waals surface area contributed by atoms with Crippen molar-refractivity contribution in [2.75, 3.05) is 11.1 Å². The Balaban J connectivity index is 1.43. The van der Waals surface area contributed by atoms with Crippen molar-refractivity contribution in [3.8, 4) is 6.07 Å². The van der Waals surface area contributed by atoms with Crippen molar-refractivity contribution in [2.45, 2.75) is 50.4 Å². The van der Waals surface area contributed by atoms with Crippen LogP contribution in [0, 0.1) is 11.3 Å². The molecule has 0 aliphatic heterocycles. The number of thiophene rings is 1. The predicted molar refractivity (Wildman–Crippen MR) is 143 cm³/mol. The van der Waals surface area contributed by atoms with Gasteiger partial charge < -0.3 is 15.2 Å². The molecule has 0 bridgehead atoms. The number of fused-ring (bicyclic) bond motifs is 1. The van der Waals surface area contributed by atoms with Gasteiger partial charge >= 0.3 is 0 Å². The number of anilines is 1. The minimum absolute atomic E-state index is 0.100. The summed E-state index contributed by atoms with van der Waals surface area (Å²) >= 11 is 8.88. The van der Waals surface area contributed by atoms with E-state index in [9.17, 15) is 14.9 Å². The topological polar surface area (TPSA) is 113 Å². The zero-order chi connectivity index (χ0) is 25.7. The molecule has 2 heterocycles. The number of hydrogen-bond acceptors (Lipinski definition) is 7. The Bertz CT molecular complexity index is 1340. The van der Waals surface area contributed by atoms with Gasteiger partial charge in [0.05, 0.1) is 27.9 Å². The summed E-state index contributed by atoms with van der Waals surface area (Å²) in [5.41, 5.74) is 2.05. The molecule has 2 N–H and O–H groups in total. The second-order valence-corrected chi connectivity index (χ2v) is 10.7. The van der Waals surface area contributed by atoms with Gasteiger partial charge in [-0.3, -0.25) is 9.59 Å². The number of benzene rings is 1. The molecule has 0 spiro atoms. The Kier molecular flexibility index (Phi) is 8.46. The number of carbonyl (C=O) groups excluding carboxylic acids is 2. The van der Waals surface area contributed by atoms with Gasteiger partial charge in [-0.25, -0.2) is 0 Å². The van der Waals surface area contributed by atoms with E-state index in [0.29, 0.717) is 38.7 Å². The Morgan fingerprint density at radius 2 is 2.11 bits per heavy atom. The number of carbonyl (C=O) groups is 2. The highest BCUT2D eigenvalue weighted by atomic mass is 35.5. The average molecular weight is 541 g/mol. The van der Waals surface area contributed by atoms with Crippen molar-refractivity contribution >= 4 is 51.5 Å². The lowest BCUT2D eigenvalue weighted by atomic mass is 9.96. The molecule has 0 unspecified atom stereocenters. The van der Waals surface area contributed by atoms with Crippen LogP contribution in [0.15, 0.2) is 42.1 Å². The SMILES string of the molecule is C=CCn1c(SCC(=O)Nc2sc3c(c2C#N)CCCC3)nnc1[C@H](C)NC(=O)c1ccccc1Cl. The minimum atomic E-state index is -0.458. The number of nitriles is 1. The molecule has 4 rings (SSSR count). The molecule has 1 aliphatic rings. The molecule has 186 valence electrons. The molecule has 0 saturated heterocycles. The van der Waals surface area contributed by atoms with Gasteiger partial charge in [-0.15, -0.1) is 28.1 Å². The number of aryl methyl sites for hydroxylation is 1. The summed E-state index contributed by atoms with van der Waals surface area (Å²) in [6.45, 7) is 6.02. The third kappa shape index (κ3) is 5.64. The molecule has 11 heteroatoms. The summed E-state index contributed by atoms with van der Waals surface area (Å²) in [6.07, 6.45) is 5.73. The molecular formula is C25H25ClN6O2S2. The van der Waals surface area contributed by atoms with Crippen molar-refractivity contribution in [3.63, 3.8) is 0 Å². The molecule has 1 aromatic carbocycles. The molecule has 1 aliphatic carbocycles. The quantitative estimate of drug-likeness (QED) is 0.286. The fraction of sp³-hybridized carbons (Fsp3) is 0.320. The normalized spacial score (nSPS) is 13.4. The van der Waals surface area contributed by atoms with Crippen molar-refractivity contribution in [1.29, 1.82) is 5.26 Å². The number of halogens is 1. The van der Waals surface area contributed by atoms with Crippen LogP contribution in [-0.2, 0) is 24.2 Å². The number of allylic oxidation sites excluding steroid dienone is 1. The monoisotopic (exact) mass is 540 g/mol. The van der Waals surface area contributed by atoms with Gasteiger partial charge in [-0.2, -0.15) is 5.26 Å². The van der Waals surface area contributed by atoms with E-state index < -0.39 is 6.04 Å². The molecule has 0 saturated carbocycles. The first-order chi connectivity index (χ1) is 17.4. The second kappa shape index (κ2) is 11.7. The van der Waals surface area contributed by atoms with Crippen LogP contribution in [0.1, 0.15) is 58.0 Å². The van der Waals surface area contributed by atoms with Gasteiger partial charge in [-0.1, -0.05) is 41.6 Å². The highest BCUT2D eigenvalue weighted by Crippen LogP contribution is 2.37. The lowest BCUT2D eigenvalue weighted by molar-refractivity contribution is -0.113. The summed E-state index contributed by atoms with van der Waals surface area (Å²) < 4.78 is 1.81. The molecule has 3 aromatic rings. The average Bonchev–Trinajstić information content (AvgIpc) is 3.43. The van der Waals surface area contributed by atoms with Crippen molar-refractivity contribution in [3.05, 3.63) is 69.3 Å². The first-order valence-corrected chi connectivity index (χ1v) is 13.7. The number of thioether (sulfide) groups is 1. The zero-order valence-electron chi connectivity index (χ0n) is 19.7. The van der Waals surface area contributed by atoms with Crippen molar-refractivity contribution in [2.24, 2.45) is 0 Å². The highest BCUT2D eigenvalue weighted by molar-refractivity contribution is 7.99. The Labute approximate surface area is 222 Å². The van der Waals surface area contributed by atoms with Gasteiger partial charge in [0.1, 0.15) is 11.1 Å². The summed E-state index contributed by atoms with van der Waals surface area (Å²) in [5.74, 6) is 0.103. The molecule has 1 atom stereocenters. The number of hydrogen-bond donors (Lipinski definition) is 2. The first kappa shape index (κ1) is 25.9. The maximum atomic E-state index is 12.7. The molecule has 8 nitrogen and oxygen atoms in total. The third-order valence-corrected chi connectivity index (χ3v) is 8.28. The van der Waals surface area contributed by atoms with Gasteiger partial charge in [0.15, 0.2) is 11.0 Å². The number of rotatable bonds is 9. The number of aromatic nitrogens is 3. The molecule has 0 fully saturated rings. The fourth-order valence-electron chi connectivity index (χ4n) is 4.08. The number of amides is 2. The zero-order valence-corrected chi connectivity index (χ0v) is 22.1. The first-order valence-electron chi connectivity index (χ1n) is 11.5. The second-order valence-electron chi connectivity index (χ2n) is 8.28. The van der Waals surface area contributed by atoms with Gasteiger partial charge in [0.2, 0.25) is 5.91 Å². The molecule has 0 radical (unpaired) electrons. The Morgan fingerprint density at radius 1 is 1.33 bits per heavy atom. The summed E-state index contributed by atoms with van der Waals surface area (Å²) in [5, 5.41) is 25.4. The summed E-state index contributed by atoms with van der Waals surface area (Å²) in [4.78, 5) is 26.6. The number of nitrogens with zero attached hydrogens (tertiary/aromatic N) is 4. The van der Waals surface area contributed by atoms with Gasteiger partial charge in [-0.05, 0) is 50.3 Å². The number of nitrogens with one attached hydrogen (secondary N) is 2. The van der Waals surface area contributed by atoms with Crippen LogP contribution in [0.25, 0.3) is 0 Å². The fourth-order valence-corrected chi connectivity index (χ4v) is 6.31. The molecule has 2 amide bonds. The molecule has 2 aromatic heterocycles. The van der Waals surface area contributed by atoms with Crippen LogP contribution in [-0.4, -0.2) is 32.3 Å². The van der Waals surface area contributed by atoms with Crippen molar-refractivity contribution < 1.29 is 9.59 Å². The van der Waals surface area contributed by atoms with E-state index in [-0.39, 0.29) is 17.6 Å². The van der Waals surface area contributed by atoms with Gasteiger partial charge in [0, 0.05) is 11.4 Å². The predicted octanol–water partition coefficient (Wildman–Crippen LogP) is 5.15. The van der Waals surface area contributed by atoms with Crippen LogP contribution in [0.5, 0.6) is 0 Å². The molecule has 36 heavy (non-hydrogen) atoms. The van der Waals surface area contributed by atoms with Crippen LogP contribution < -0.4 is 10.6 Å². The van der Waals surface area contributed by atoms with E-state index in [1.807, 2.05) is 11.5 Å². The summed E-state index contributed by atoms with van der Waals surface area (Å²) in [6, 6.07) is 8.62.